The third kappa shape index (κ3) is 3.61. The Balaban J connectivity index is 0.000000291. The van der Waals surface area contributed by atoms with Gasteiger partial charge in [-0.1, -0.05) is 52.6 Å². The highest BCUT2D eigenvalue weighted by atomic mass is 13.9. The van der Waals surface area contributed by atoms with Gasteiger partial charge in [-0.25, -0.2) is 0 Å². The SMILES string of the molecule is CC.CCB1CCCC1. The van der Waals surface area contributed by atoms with Crippen LogP contribution in [0.4, 0.5) is 0 Å². The van der Waals surface area contributed by atoms with Gasteiger partial charge in [0, 0.05) is 0 Å². The molecule has 0 saturated carbocycles. The zero-order valence-electron chi connectivity index (χ0n) is 7.11. The number of hydrogen-bond donors (Lipinski definition) is 0. The molecular formula is C8H19B. The van der Waals surface area contributed by atoms with Crippen LogP contribution in [0, 0.1) is 0 Å². The molecule has 1 saturated heterocycles. The Morgan fingerprint density at radius 2 is 1.56 bits per heavy atom. The Bertz CT molecular complexity index is 46.5. The van der Waals surface area contributed by atoms with Crippen LogP contribution in [0.2, 0.25) is 19.0 Å². The first kappa shape index (κ1) is 9.06. The van der Waals surface area contributed by atoms with Crippen LogP contribution in [0.3, 0.4) is 0 Å². The van der Waals surface area contributed by atoms with E-state index in [9.17, 15) is 0 Å². The van der Waals surface area contributed by atoms with Crippen molar-refractivity contribution in [3.8, 4) is 0 Å². The molecule has 1 rings (SSSR count). The van der Waals surface area contributed by atoms with Gasteiger partial charge >= 0.3 is 0 Å². The van der Waals surface area contributed by atoms with Crippen molar-refractivity contribution in [1.82, 2.24) is 0 Å². The van der Waals surface area contributed by atoms with Crippen LogP contribution in [0.1, 0.15) is 33.6 Å². The van der Waals surface area contributed by atoms with Crippen LogP contribution in [0.15, 0.2) is 0 Å². The van der Waals surface area contributed by atoms with Gasteiger partial charge in [0.05, 0.1) is 0 Å². The monoisotopic (exact) mass is 126 g/mol. The minimum absolute atomic E-state index is 1.10. The molecule has 0 radical (unpaired) electrons. The predicted octanol–water partition coefficient (Wildman–Crippen LogP) is 3.32. The minimum Gasteiger partial charge on any atom is -0.0770 e. The van der Waals surface area contributed by atoms with E-state index >= 15 is 0 Å². The Morgan fingerprint density at radius 1 is 1.11 bits per heavy atom. The normalized spacial score (nSPS) is 17.0. The summed E-state index contributed by atoms with van der Waals surface area (Å²) in [4.78, 5) is 0. The van der Waals surface area contributed by atoms with E-state index in [1.54, 1.807) is 0 Å². The summed E-state index contributed by atoms with van der Waals surface area (Å²) in [7, 11) is 0. The average molecular weight is 126 g/mol. The van der Waals surface area contributed by atoms with Gasteiger partial charge in [-0.2, -0.15) is 0 Å². The van der Waals surface area contributed by atoms with E-state index in [-0.39, 0.29) is 0 Å². The van der Waals surface area contributed by atoms with E-state index in [1.807, 2.05) is 13.8 Å². The fourth-order valence-electron chi connectivity index (χ4n) is 1.42. The van der Waals surface area contributed by atoms with Crippen molar-refractivity contribution in [2.75, 3.05) is 0 Å². The van der Waals surface area contributed by atoms with Gasteiger partial charge < -0.3 is 0 Å². The molecule has 0 aromatic carbocycles. The Morgan fingerprint density at radius 3 is 1.78 bits per heavy atom. The van der Waals surface area contributed by atoms with E-state index < -0.39 is 0 Å². The molecule has 0 bridgehead atoms. The van der Waals surface area contributed by atoms with Crippen LogP contribution in [0.25, 0.3) is 0 Å². The molecule has 0 aromatic rings. The van der Waals surface area contributed by atoms with Crippen molar-refractivity contribution >= 4 is 6.71 Å². The van der Waals surface area contributed by atoms with Crippen LogP contribution in [0.5, 0.6) is 0 Å². The predicted molar refractivity (Wildman–Crippen MR) is 46.4 cm³/mol. The second-order valence-corrected chi connectivity index (χ2v) is 2.56. The molecule has 0 nitrogen and oxygen atoms in total. The van der Waals surface area contributed by atoms with Crippen molar-refractivity contribution in [1.29, 1.82) is 0 Å². The standard InChI is InChI=1S/C6H13B.C2H6/c1-2-7-5-3-4-6-7;1-2/h2-6H2,1H3;1-2H3. The zero-order valence-corrected chi connectivity index (χ0v) is 7.11. The highest BCUT2D eigenvalue weighted by Crippen LogP contribution is 2.21. The molecule has 9 heavy (non-hydrogen) atoms. The maximum Gasteiger partial charge on any atom is 0.139 e. The highest BCUT2D eigenvalue weighted by molar-refractivity contribution is 6.59. The summed E-state index contributed by atoms with van der Waals surface area (Å²) in [5.74, 6) is 0. The van der Waals surface area contributed by atoms with Gasteiger partial charge in [-0.05, 0) is 0 Å². The third-order valence-corrected chi connectivity index (χ3v) is 2.05. The lowest BCUT2D eigenvalue weighted by Crippen LogP contribution is -2.00. The summed E-state index contributed by atoms with van der Waals surface area (Å²) < 4.78 is 0. The van der Waals surface area contributed by atoms with Crippen molar-refractivity contribution < 1.29 is 0 Å². The first-order chi connectivity index (χ1) is 4.43. The lowest BCUT2D eigenvalue weighted by Gasteiger charge is -1.94. The molecule has 0 atom stereocenters. The van der Waals surface area contributed by atoms with E-state index in [0.29, 0.717) is 0 Å². The van der Waals surface area contributed by atoms with Crippen molar-refractivity contribution in [2.24, 2.45) is 0 Å². The molecule has 1 aliphatic heterocycles. The van der Waals surface area contributed by atoms with Gasteiger partial charge in [0.25, 0.3) is 0 Å². The minimum atomic E-state index is 1.10. The largest absolute Gasteiger partial charge is 0.139 e. The zero-order chi connectivity index (χ0) is 7.11. The van der Waals surface area contributed by atoms with Gasteiger partial charge in [-0.15, -0.1) is 0 Å². The van der Waals surface area contributed by atoms with Crippen LogP contribution in [-0.4, -0.2) is 6.71 Å². The van der Waals surface area contributed by atoms with Crippen LogP contribution >= 0.6 is 0 Å². The summed E-state index contributed by atoms with van der Waals surface area (Å²) in [5, 5.41) is 0. The second kappa shape index (κ2) is 6.19. The molecular weight excluding hydrogens is 107 g/mol. The van der Waals surface area contributed by atoms with Crippen LogP contribution < -0.4 is 0 Å². The maximum atomic E-state index is 2.30. The first-order valence-corrected chi connectivity index (χ1v) is 4.43. The summed E-state index contributed by atoms with van der Waals surface area (Å²) in [6.45, 7) is 7.40. The number of rotatable bonds is 1. The first-order valence-electron chi connectivity index (χ1n) is 4.43. The lowest BCUT2D eigenvalue weighted by atomic mass is 9.47. The van der Waals surface area contributed by atoms with E-state index in [4.69, 9.17) is 0 Å². The molecule has 0 aliphatic carbocycles. The van der Waals surface area contributed by atoms with Crippen molar-refractivity contribution in [3.63, 3.8) is 0 Å². The van der Waals surface area contributed by atoms with Crippen molar-refractivity contribution in [2.45, 2.75) is 52.6 Å². The topological polar surface area (TPSA) is 0 Å². The molecule has 0 N–H and O–H groups in total. The Kier molecular flexibility index (Phi) is 6.23. The smallest absolute Gasteiger partial charge is 0.0770 e. The Labute approximate surface area is 60.1 Å². The van der Waals surface area contributed by atoms with Gasteiger partial charge in [0.15, 0.2) is 0 Å². The van der Waals surface area contributed by atoms with Gasteiger partial charge in [0.1, 0.15) is 6.71 Å². The summed E-state index contributed by atoms with van der Waals surface area (Å²) in [6, 6.07) is 0. The van der Waals surface area contributed by atoms with Gasteiger partial charge in [0.2, 0.25) is 0 Å². The molecule has 54 valence electrons. The molecule has 1 heterocycles. The van der Waals surface area contributed by atoms with E-state index in [1.165, 1.54) is 31.8 Å². The fraction of sp³-hybridized carbons (Fsp3) is 1.00. The average Bonchev–Trinajstić information content (AvgIpc) is 2.43. The van der Waals surface area contributed by atoms with Crippen LogP contribution in [-0.2, 0) is 0 Å². The second-order valence-electron chi connectivity index (χ2n) is 2.56. The Hall–Kier alpha value is 0.0649. The molecule has 1 fully saturated rings. The maximum absolute atomic E-state index is 2.30. The summed E-state index contributed by atoms with van der Waals surface area (Å²) in [6.07, 6.45) is 7.43. The fourth-order valence-corrected chi connectivity index (χ4v) is 1.42. The van der Waals surface area contributed by atoms with E-state index in [0.717, 1.165) is 6.71 Å². The molecule has 1 heteroatoms. The quantitative estimate of drug-likeness (QED) is 0.472. The molecule has 0 spiro atoms. The molecule has 0 aromatic heterocycles. The van der Waals surface area contributed by atoms with Crippen molar-refractivity contribution in [3.05, 3.63) is 0 Å². The molecule has 0 unspecified atom stereocenters. The highest BCUT2D eigenvalue weighted by Gasteiger charge is 2.15. The number of hydrogen-bond acceptors (Lipinski definition) is 0. The van der Waals surface area contributed by atoms with E-state index in [2.05, 4.69) is 6.92 Å². The summed E-state index contributed by atoms with van der Waals surface area (Å²) >= 11 is 0. The molecule has 1 aliphatic rings. The lowest BCUT2D eigenvalue weighted by molar-refractivity contribution is 0.935. The van der Waals surface area contributed by atoms with Gasteiger partial charge in [-0.3, -0.25) is 0 Å². The molecule has 0 amide bonds. The third-order valence-electron chi connectivity index (χ3n) is 2.05. The summed E-state index contributed by atoms with van der Waals surface area (Å²) in [5.41, 5.74) is 0.